The van der Waals surface area contributed by atoms with Crippen LogP contribution >= 0.6 is 31.9 Å². The van der Waals surface area contributed by atoms with Gasteiger partial charge in [-0.2, -0.15) is 0 Å². The zero-order valence-corrected chi connectivity index (χ0v) is 13.0. The number of rotatable bonds is 4. The fraction of sp³-hybridized carbons (Fsp3) is 0.0833. The first-order valence-corrected chi connectivity index (χ1v) is 6.91. The second-order valence-corrected chi connectivity index (χ2v) is 5.56. The van der Waals surface area contributed by atoms with Gasteiger partial charge in [-0.25, -0.2) is 4.39 Å². The monoisotopic (exact) mass is 404 g/mol. The molecule has 0 N–H and O–H groups in total. The highest BCUT2D eigenvalue weighted by atomic mass is 79.9. The van der Waals surface area contributed by atoms with Crippen LogP contribution in [-0.4, -0.2) is 9.91 Å². The fourth-order valence-electron chi connectivity index (χ4n) is 1.47. The minimum atomic E-state index is -0.627. The van der Waals surface area contributed by atoms with Crippen LogP contribution < -0.4 is 4.74 Å². The number of nitrogens with zero attached hydrogens (tertiary/aromatic N) is 2. The molecule has 2 rings (SSSR count). The third-order valence-electron chi connectivity index (χ3n) is 2.35. The van der Waals surface area contributed by atoms with E-state index in [2.05, 4.69) is 36.8 Å². The van der Waals surface area contributed by atoms with Gasteiger partial charge in [-0.15, -0.1) is 0 Å². The minimum Gasteiger partial charge on any atom is -0.482 e. The molecule has 0 unspecified atom stereocenters. The molecule has 0 spiro atoms. The van der Waals surface area contributed by atoms with Gasteiger partial charge in [0.05, 0.1) is 9.40 Å². The molecule has 0 radical (unpaired) electrons. The normalized spacial score (nSPS) is 10.3. The Morgan fingerprint density at radius 1 is 1.30 bits per heavy atom. The number of pyridine rings is 1. The lowest BCUT2D eigenvalue weighted by molar-refractivity contribution is -0.386. The van der Waals surface area contributed by atoms with Crippen molar-refractivity contribution in [1.82, 2.24) is 4.98 Å². The summed E-state index contributed by atoms with van der Waals surface area (Å²) in [6.45, 7) is 0.0500. The van der Waals surface area contributed by atoms with Gasteiger partial charge in [0.25, 0.3) is 0 Å². The van der Waals surface area contributed by atoms with Gasteiger partial charge in [-0.3, -0.25) is 15.1 Å². The number of benzene rings is 1. The standard InChI is InChI=1S/C12H7Br2FN2O3/c13-8-1-7(4-16-5-8)6-20-12-3-10(15)9(14)2-11(12)17(18)19/h1-5H,6H2. The molecule has 104 valence electrons. The Bertz CT molecular complexity index is 667. The molecule has 1 aromatic carbocycles. The van der Waals surface area contributed by atoms with Crippen LogP contribution in [0.4, 0.5) is 10.1 Å². The van der Waals surface area contributed by atoms with E-state index in [0.29, 0.717) is 5.56 Å². The number of nitro groups is 1. The van der Waals surface area contributed by atoms with E-state index in [9.17, 15) is 14.5 Å². The SMILES string of the molecule is O=[N+]([O-])c1cc(Br)c(F)cc1OCc1cncc(Br)c1. The molecule has 8 heteroatoms. The second kappa shape index (κ2) is 6.27. The average molecular weight is 406 g/mol. The molecule has 0 fully saturated rings. The van der Waals surface area contributed by atoms with E-state index in [1.54, 1.807) is 18.5 Å². The third-order valence-corrected chi connectivity index (χ3v) is 3.40. The molecule has 0 amide bonds. The summed E-state index contributed by atoms with van der Waals surface area (Å²) in [5.74, 6) is -0.756. The van der Waals surface area contributed by atoms with Gasteiger partial charge in [0.2, 0.25) is 0 Å². The lowest BCUT2D eigenvalue weighted by Crippen LogP contribution is -2.00. The number of hydrogen-bond donors (Lipinski definition) is 0. The smallest absolute Gasteiger partial charge is 0.312 e. The van der Waals surface area contributed by atoms with Crippen molar-refractivity contribution in [2.75, 3.05) is 0 Å². The van der Waals surface area contributed by atoms with Crippen LogP contribution in [0.1, 0.15) is 5.56 Å². The van der Waals surface area contributed by atoms with Crippen molar-refractivity contribution >= 4 is 37.5 Å². The maximum Gasteiger partial charge on any atom is 0.312 e. The number of nitro benzene ring substituents is 1. The lowest BCUT2D eigenvalue weighted by Gasteiger charge is -2.07. The van der Waals surface area contributed by atoms with Crippen LogP contribution in [0.2, 0.25) is 0 Å². The van der Waals surface area contributed by atoms with Crippen molar-refractivity contribution in [1.29, 1.82) is 0 Å². The maximum absolute atomic E-state index is 13.4. The Morgan fingerprint density at radius 2 is 2.05 bits per heavy atom. The largest absolute Gasteiger partial charge is 0.482 e. The van der Waals surface area contributed by atoms with Gasteiger partial charge >= 0.3 is 5.69 Å². The van der Waals surface area contributed by atoms with E-state index in [4.69, 9.17) is 4.74 Å². The molecule has 20 heavy (non-hydrogen) atoms. The molecule has 0 saturated carbocycles. The quantitative estimate of drug-likeness (QED) is 0.563. The van der Waals surface area contributed by atoms with Crippen LogP contribution in [-0.2, 0) is 6.61 Å². The molecule has 1 heterocycles. The summed E-state index contributed by atoms with van der Waals surface area (Å²) >= 11 is 6.16. The molecule has 0 aliphatic rings. The third kappa shape index (κ3) is 3.51. The Labute approximate surface area is 130 Å². The first-order chi connectivity index (χ1) is 9.47. The van der Waals surface area contributed by atoms with Crippen molar-refractivity contribution in [3.8, 4) is 5.75 Å². The maximum atomic E-state index is 13.4. The molecule has 1 aromatic heterocycles. The number of ether oxygens (including phenoxy) is 1. The molecular weight excluding hydrogens is 399 g/mol. The topological polar surface area (TPSA) is 65.3 Å². The summed E-state index contributed by atoms with van der Waals surface area (Å²) in [4.78, 5) is 14.2. The van der Waals surface area contributed by atoms with Crippen molar-refractivity contribution in [3.05, 3.63) is 61.0 Å². The second-order valence-electron chi connectivity index (χ2n) is 3.79. The van der Waals surface area contributed by atoms with Crippen molar-refractivity contribution in [2.45, 2.75) is 6.61 Å². The molecular formula is C12H7Br2FN2O3. The predicted octanol–water partition coefficient (Wildman–Crippen LogP) is 4.23. The number of aromatic nitrogens is 1. The molecule has 0 aliphatic carbocycles. The van der Waals surface area contributed by atoms with E-state index in [1.165, 1.54) is 0 Å². The summed E-state index contributed by atoms with van der Waals surface area (Å²) < 4.78 is 19.5. The Kier molecular flexibility index (Phi) is 4.66. The van der Waals surface area contributed by atoms with E-state index < -0.39 is 10.7 Å². The van der Waals surface area contributed by atoms with Gasteiger partial charge in [0.1, 0.15) is 12.4 Å². The summed E-state index contributed by atoms with van der Waals surface area (Å²) in [5, 5.41) is 10.9. The molecule has 0 bridgehead atoms. The average Bonchev–Trinajstić information content (AvgIpc) is 2.39. The van der Waals surface area contributed by atoms with Crippen molar-refractivity contribution in [2.24, 2.45) is 0 Å². The van der Waals surface area contributed by atoms with Gasteiger partial charge in [-0.05, 0) is 37.9 Å². The number of halogens is 3. The highest BCUT2D eigenvalue weighted by Crippen LogP contribution is 2.33. The number of hydrogen-bond acceptors (Lipinski definition) is 4. The Hall–Kier alpha value is -1.54. The molecule has 0 atom stereocenters. The summed E-state index contributed by atoms with van der Waals surface area (Å²) in [6, 6.07) is 3.81. The summed E-state index contributed by atoms with van der Waals surface area (Å²) in [5.41, 5.74) is 0.401. The van der Waals surface area contributed by atoms with Crippen LogP contribution in [0.3, 0.4) is 0 Å². The van der Waals surface area contributed by atoms with Gasteiger partial charge in [-0.1, -0.05) is 0 Å². The van der Waals surface area contributed by atoms with E-state index in [0.717, 1.165) is 16.6 Å². The highest BCUT2D eigenvalue weighted by molar-refractivity contribution is 9.10. The van der Waals surface area contributed by atoms with E-state index >= 15 is 0 Å². The summed E-state index contributed by atoms with van der Waals surface area (Å²) in [6.07, 6.45) is 3.16. The predicted molar refractivity (Wildman–Crippen MR) is 77.0 cm³/mol. The van der Waals surface area contributed by atoms with Gasteiger partial charge in [0, 0.05) is 34.6 Å². The van der Waals surface area contributed by atoms with Crippen LogP contribution in [0.15, 0.2) is 39.5 Å². The molecule has 5 nitrogen and oxygen atoms in total. The summed E-state index contributed by atoms with van der Waals surface area (Å²) in [7, 11) is 0. The lowest BCUT2D eigenvalue weighted by atomic mass is 10.2. The van der Waals surface area contributed by atoms with Gasteiger partial charge in [0.15, 0.2) is 5.75 Å². The van der Waals surface area contributed by atoms with Gasteiger partial charge < -0.3 is 4.74 Å². The minimum absolute atomic E-state index is 0.0145. The Balaban J connectivity index is 2.24. The highest BCUT2D eigenvalue weighted by Gasteiger charge is 2.19. The molecule has 0 saturated heterocycles. The molecule has 0 aliphatic heterocycles. The first-order valence-electron chi connectivity index (χ1n) is 5.33. The van der Waals surface area contributed by atoms with Crippen molar-refractivity contribution < 1.29 is 14.1 Å². The van der Waals surface area contributed by atoms with Crippen LogP contribution in [0.5, 0.6) is 5.75 Å². The molecule has 2 aromatic rings. The van der Waals surface area contributed by atoms with Crippen molar-refractivity contribution in [3.63, 3.8) is 0 Å². The van der Waals surface area contributed by atoms with Crippen LogP contribution in [0, 0.1) is 15.9 Å². The van der Waals surface area contributed by atoms with E-state index in [1.807, 2.05) is 0 Å². The zero-order valence-electron chi connectivity index (χ0n) is 9.85. The van der Waals surface area contributed by atoms with E-state index in [-0.39, 0.29) is 22.5 Å². The fourth-order valence-corrected chi connectivity index (χ4v) is 2.22. The Morgan fingerprint density at radius 3 is 2.70 bits per heavy atom. The zero-order chi connectivity index (χ0) is 14.7. The van der Waals surface area contributed by atoms with Crippen LogP contribution in [0.25, 0.3) is 0 Å². The first kappa shape index (κ1) is 14.9.